The van der Waals surface area contributed by atoms with Crippen LogP contribution in [0.15, 0.2) is 52.4 Å². The van der Waals surface area contributed by atoms with E-state index < -0.39 is 15.7 Å². The summed E-state index contributed by atoms with van der Waals surface area (Å²) in [5.41, 5.74) is 0.700. The van der Waals surface area contributed by atoms with E-state index in [-0.39, 0.29) is 9.92 Å². The molecule has 1 aliphatic heterocycles. The maximum atomic E-state index is 14.5. The quantitative estimate of drug-likeness (QED) is 0.746. The molecule has 130 valence electrons. The van der Waals surface area contributed by atoms with E-state index in [2.05, 4.69) is 15.5 Å². The largest absolute Gasteiger partial charge is 0.367 e. The number of nitrogens with zero attached hydrogens (tertiary/aromatic N) is 2. The van der Waals surface area contributed by atoms with Crippen molar-refractivity contribution in [3.63, 3.8) is 0 Å². The predicted octanol–water partition coefficient (Wildman–Crippen LogP) is 1.94. The molecule has 0 atom stereocenters. The average molecular weight is 360 g/mol. The van der Waals surface area contributed by atoms with Gasteiger partial charge in [0.15, 0.2) is 5.03 Å². The first-order valence-electron chi connectivity index (χ1n) is 8.01. The van der Waals surface area contributed by atoms with Gasteiger partial charge in [0.05, 0.1) is 16.1 Å². The summed E-state index contributed by atoms with van der Waals surface area (Å²) in [6, 6.07) is 11.0. The second-order valence-electron chi connectivity index (χ2n) is 5.93. The van der Waals surface area contributed by atoms with E-state index >= 15 is 0 Å². The van der Waals surface area contributed by atoms with Gasteiger partial charge in [-0.3, -0.25) is 5.10 Å². The van der Waals surface area contributed by atoms with Gasteiger partial charge in [-0.25, -0.2) is 12.8 Å². The molecule has 2 N–H and O–H groups in total. The van der Waals surface area contributed by atoms with Crippen molar-refractivity contribution < 1.29 is 12.8 Å². The van der Waals surface area contributed by atoms with Gasteiger partial charge >= 0.3 is 0 Å². The van der Waals surface area contributed by atoms with Crippen molar-refractivity contribution in [2.75, 3.05) is 31.1 Å². The number of fused-ring (bicyclic) bond motifs is 1. The number of hydrogen-bond donors (Lipinski definition) is 2. The van der Waals surface area contributed by atoms with Gasteiger partial charge in [-0.2, -0.15) is 5.10 Å². The second-order valence-corrected chi connectivity index (χ2v) is 7.81. The number of piperazine rings is 1. The van der Waals surface area contributed by atoms with E-state index in [0.29, 0.717) is 29.7 Å². The molecule has 4 rings (SSSR count). The van der Waals surface area contributed by atoms with Crippen molar-refractivity contribution >= 4 is 26.4 Å². The van der Waals surface area contributed by atoms with Crippen molar-refractivity contribution in [1.29, 1.82) is 0 Å². The van der Waals surface area contributed by atoms with Gasteiger partial charge in [0.25, 0.3) is 0 Å². The first-order valence-corrected chi connectivity index (χ1v) is 9.49. The zero-order valence-corrected chi connectivity index (χ0v) is 14.2. The Morgan fingerprint density at radius 2 is 1.80 bits per heavy atom. The maximum Gasteiger partial charge on any atom is 0.223 e. The lowest BCUT2D eigenvalue weighted by Gasteiger charge is -2.29. The Kier molecular flexibility index (Phi) is 3.93. The van der Waals surface area contributed by atoms with Gasteiger partial charge in [-0.05, 0) is 18.2 Å². The second kappa shape index (κ2) is 6.12. The first kappa shape index (κ1) is 16.0. The number of sulfone groups is 1. The van der Waals surface area contributed by atoms with E-state index in [1.807, 2.05) is 4.90 Å². The summed E-state index contributed by atoms with van der Waals surface area (Å²) in [5.74, 6) is -0.399. The zero-order valence-electron chi connectivity index (χ0n) is 13.4. The molecule has 0 saturated carbocycles. The third-order valence-electron chi connectivity index (χ3n) is 4.37. The number of benzene rings is 2. The summed E-state index contributed by atoms with van der Waals surface area (Å²) in [6.45, 7) is 2.86. The highest BCUT2D eigenvalue weighted by Gasteiger charge is 2.25. The van der Waals surface area contributed by atoms with Gasteiger partial charge in [0.2, 0.25) is 9.84 Å². The maximum absolute atomic E-state index is 14.5. The number of hydrogen-bond acceptors (Lipinski definition) is 5. The Morgan fingerprint density at radius 1 is 1.08 bits per heavy atom. The Bertz CT molecular complexity index is 1010. The molecule has 3 aromatic rings. The molecule has 1 fully saturated rings. The lowest BCUT2D eigenvalue weighted by molar-refractivity contribution is 0.567. The summed E-state index contributed by atoms with van der Waals surface area (Å²) in [4.78, 5) is 2.09. The highest BCUT2D eigenvalue weighted by atomic mass is 32.2. The SMILES string of the molecule is O=S(=O)(c1ccccc1)c1[nH]nc2cc(F)c(N3CCNCC3)cc12. The summed E-state index contributed by atoms with van der Waals surface area (Å²) in [7, 11) is -3.75. The fraction of sp³-hybridized carbons (Fsp3) is 0.235. The van der Waals surface area contributed by atoms with Gasteiger partial charge in [0, 0.05) is 37.6 Å². The Morgan fingerprint density at radius 3 is 2.52 bits per heavy atom. The minimum absolute atomic E-state index is 0.00918. The third-order valence-corrected chi connectivity index (χ3v) is 6.11. The van der Waals surface area contributed by atoms with Gasteiger partial charge in [-0.1, -0.05) is 18.2 Å². The van der Waals surface area contributed by atoms with Crippen LogP contribution in [0.5, 0.6) is 0 Å². The van der Waals surface area contributed by atoms with Gasteiger partial charge in [-0.15, -0.1) is 0 Å². The molecule has 0 unspecified atom stereocenters. The Labute approximate surface area is 144 Å². The van der Waals surface area contributed by atoms with Crippen LogP contribution in [-0.2, 0) is 9.84 Å². The fourth-order valence-corrected chi connectivity index (χ4v) is 4.44. The van der Waals surface area contributed by atoms with Crippen LogP contribution in [0.4, 0.5) is 10.1 Å². The van der Waals surface area contributed by atoms with Crippen molar-refractivity contribution in [2.45, 2.75) is 9.92 Å². The third kappa shape index (κ3) is 2.77. The van der Waals surface area contributed by atoms with E-state index in [0.717, 1.165) is 13.1 Å². The number of H-pyrrole nitrogens is 1. The van der Waals surface area contributed by atoms with Gasteiger partial charge in [0.1, 0.15) is 5.82 Å². The van der Waals surface area contributed by atoms with Crippen molar-refractivity contribution in [3.05, 3.63) is 48.3 Å². The van der Waals surface area contributed by atoms with Gasteiger partial charge < -0.3 is 10.2 Å². The molecule has 8 heteroatoms. The van der Waals surface area contributed by atoms with Crippen LogP contribution in [0.3, 0.4) is 0 Å². The monoisotopic (exact) mass is 360 g/mol. The lowest BCUT2D eigenvalue weighted by atomic mass is 10.2. The highest BCUT2D eigenvalue weighted by molar-refractivity contribution is 7.91. The molecular weight excluding hydrogens is 343 g/mol. The molecule has 25 heavy (non-hydrogen) atoms. The lowest BCUT2D eigenvalue weighted by Crippen LogP contribution is -2.43. The van der Waals surface area contributed by atoms with Crippen molar-refractivity contribution in [2.24, 2.45) is 0 Å². The molecule has 2 heterocycles. The molecule has 0 radical (unpaired) electrons. The molecule has 1 aromatic heterocycles. The summed E-state index contributed by atoms with van der Waals surface area (Å²) >= 11 is 0. The predicted molar refractivity (Wildman–Crippen MR) is 93.0 cm³/mol. The number of anilines is 1. The zero-order chi connectivity index (χ0) is 17.4. The van der Waals surface area contributed by atoms with Crippen LogP contribution in [-0.4, -0.2) is 44.8 Å². The molecule has 0 aliphatic carbocycles. The minimum Gasteiger partial charge on any atom is -0.367 e. The molecule has 6 nitrogen and oxygen atoms in total. The van der Waals surface area contributed by atoms with Crippen molar-refractivity contribution in [1.82, 2.24) is 15.5 Å². The topological polar surface area (TPSA) is 78.1 Å². The van der Waals surface area contributed by atoms with Crippen LogP contribution < -0.4 is 10.2 Å². The van der Waals surface area contributed by atoms with Crippen molar-refractivity contribution in [3.8, 4) is 0 Å². The van der Waals surface area contributed by atoms with E-state index in [1.54, 1.807) is 24.3 Å². The molecular formula is C17H17FN4O2S. The van der Waals surface area contributed by atoms with Crippen LogP contribution in [0.25, 0.3) is 10.9 Å². The Balaban J connectivity index is 1.86. The molecule has 1 saturated heterocycles. The highest BCUT2D eigenvalue weighted by Crippen LogP contribution is 2.31. The molecule has 0 spiro atoms. The van der Waals surface area contributed by atoms with E-state index in [1.165, 1.54) is 18.2 Å². The number of aromatic nitrogens is 2. The summed E-state index contributed by atoms with van der Waals surface area (Å²) in [5, 5.41) is 10.2. The number of nitrogens with one attached hydrogen (secondary N) is 2. The molecule has 0 amide bonds. The number of rotatable bonds is 3. The van der Waals surface area contributed by atoms with E-state index in [4.69, 9.17) is 0 Å². The van der Waals surface area contributed by atoms with Crippen LogP contribution in [0.2, 0.25) is 0 Å². The summed E-state index contributed by atoms with van der Waals surface area (Å²) < 4.78 is 40.3. The van der Waals surface area contributed by atoms with E-state index in [9.17, 15) is 12.8 Å². The average Bonchev–Trinajstić information content (AvgIpc) is 3.06. The fourth-order valence-electron chi connectivity index (χ4n) is 3.07. The smallest absolute Gasteiger partial charge is 0.223 e. The first-order chi connectivity index (χ1) is 12.1. The molecule has 2 aromatic carbocycles. The number of aromatic amines is 1. The normalized spacial score (nSPS) is 15.6. The number of halogens is 1. The standard InChI is InChI=1S/C17H17FN4O2S/c18-14-11-15-13(10-16(14)22-8-6-19-7-9-22)17(21-20-15)25(23,24)12-4-2-1-3-5-12/h1-5,10-11,19H,6-9H2,(H,20,21). The Hall–Kier alpha value is -2.45. The molecule has 1 aliphatic rings. The summed E-state index contributed by atoms with van der Waals surface area (Å²) in [6.07, 6.45) is 0. The van der Waals surface area contributed by atoms with Crippen LogP contribution >= 0.6 is 0 Å². The van der Waals surface area contributed by atoms with Crippen LogP contribution in [0, 0.1) is 5.82 Å². The minimum atomic E-state index is -3.75. The molecule has 0 bridgehead atoms. The van der Waals surface area contributed by atoms with Crippen LogP contribution in [0.1, 0.15) is 0 Å².